The van der Waals surface area contributed by atoms with Crippen LogP contribution in [0.2, 0.25) is 0 Å². The molecular formula is C26H41N3O7. The molecule has 3 amide bonds. The van der Waals surface area contributed by atoms with Gasteiger partial charge in [0.05, 0.1) is 13.7 Å². The van der Waals surface area contributed by atoms with Gasteiger partial charge in [0.2, 0.25) is 11.8 Å². The minimum atomic E-state index is -1.33. The Kier molecular flexibility index (Phi) is 12.9. The molecule has 3 N–H and O–H groups in total. The number of ether oxygens (including phenoxy) is 2. The van der Waals surface area contributed by atoms with Crippen LogP contribution in [-0.4, -0.2) is 72.3 Å². The summed E-state index contributed by atoms with van der Waals surface area (Å²) in [5.41, 5.74) is 0.787. The van der Waals surface area contributed by atoms with Gasteiger partial charge in [-0.1, -0.05) is 51.0 Å². The Morgan fingerprint density at radius 2 is 1.69 bits per heavy atom. The standard InChI is InChI=1S/C26H41N3O7/c1-7-9-10-15-29(24(33)20(17-30)28-25(34)36-26(3,4)5)22(23(32)27-16-21(31)35-6)19-13-11-18(8-2)12-14-19/h11-14,20,22,30H,7-10,15-17H2,1-6H3,(H,27,32)(H,28,34). The summed E-state index contributed by atoms with van der Waals surface area (Å²) < 4.78 is 9.85. The van der Waals surface area contributed by atoms with Crippen molar-refractivity contribution in [1.29, 1.82) is 0 Å². The van der Waals surface area contributed by atoms with Crippen LogP contribution in [0.25, 0.3) is 0 Å². The molecule has 36 heavy (non-hydrogen) atoms. The lowest BCUT2D eigenvalue weighted by molar-refractivity contribution is -0.145. The monoisotopic (exact) mass is 507 g/mol. The molecular weight excluding hydrogens is 466 g/mol. The Hall–Kier alpha value is -3.14. The quantitative estimate of drug-likeness (QED) is 0.276. The predicted octanol–water partition coefficient (Wildman–Crippen LogP) is 2.48. The van der Waals surface area contributed by atoms with Gasteiger partial charge in [-0.3, -0.25) is 14.4 Å². The first kappa shape index (κ1) is 30.9. The van der Waals surface area contributed by atoms with Gasteiger partial charge in [0.1, 0.15) is 24.2 Å². The summed E-state index contributed by atoms with van der Waals surface area (Å²) in [6.45, 7) is 8.21. The van der Waals surface area contributed by atoms with Crippen molar-refractivity contribution in [3.8, 4) is 0 Å². The van der Waals surface area contributed by atoms with Gasteiger partial charge < -0.3 is 30.1 Å². The fraction of sp³-hybridized carbons (Fsp3) is 0.615. The van der Waals surface area contributed by atoms with E-state index in [1.54, 1.807) is 32.9 Å². The van der Waals surface area contributed by atoms with E-state index in [1.807, 2.05) is 26.0 Å². The van der Waals surface area contributed by atoms with Crippen LogP contribution >= 0.6 is 0 Å². The lowest BCUT2D eigenvalue weighted by Gasteiger charge is -2.34. The Labute approximate surface area is 213 Å². The second-order valence-corrected chi connectivity index (χ2v) is 9.41. The number of hydrogen-bond acceptors (Lipinski definition) is 7. The van der Waals surface area contributed by atoms with E-state index in [9.17, 15) is 24.3 Å². The molecule has 0 heterocycles. The first-order chi connectivity index (χ1) is 17.0. The van der Waals surface area contributed by atoms with Crippen molar-refractivity contribution in [3.63, 3.8) is 0 Å². The highest BCUT2D eigenvalue weighted by Gasteiger charge is 2.36. The van der Waals surface area contributed by atoms with Gasteiger partial charge in [-0.25, -0.2) is 4.79 Å². The van der Waals surface area contributed by atoms with E-state index in [4.69, 9.17) is 4.74 Å². The zero-order valence-electron chi connectivity index (χ0n) is 22.3. The molecule has 1 aromatic rings. The Balaban J connectivity index is 3.38. The second kappa shape index (κ2) is 15.1. The lowest BCUT2D eigenvalue weighted by atomic mass is 10.00. The Morgan fingerprint density at radius 3 is 2.19 bits per heavy atom. The predicted molar refractivity (Wildman–Crippen MR) is 135 cm³/mol. The smallest absolute Gasteiger partial charge is 0.408 e. The first-order valence-corrected chi connectivity index (χ1v) is 12.3. The van der Waals surface area contributed by atoms with Crippen molar-refractivity contribution in [2.24, 2.45) is 0 Å². The molecule has 0 spiro atoms. The third kappa shape index (κ3) is 10.2. The van der Waals surface area contributed by atoms with Crippen LogP contribution in [0.15, 0.2) is 24.3 Å². The fourth-order valence-corrected chi connectivity index (χ4v) is 3.47. The number of methoxy groups -OCH3 is 1. The normalized spacial score (nSPS) is 12.8. The molecule has 0 aliphatic heterocycles. The van der Waals surface area contributed by atoms with E-state index < -0.39 is 48.2 Å². The van der Waals surface area contributed by atoms with Crippen LogP contribution < -0.4 is 10.6 Å². The summed E-state index contributed by atoms with van der Waals surface area (Å²) in [5, 5.41) is 14.9. The summed E-state index contributed by atoms with van der Waals surface area (Å²) in [7, 11) is 1.21. The fourth-order valence-electron chi connectivity index (χ4n) is 3.47. The molecule has 0 aliphatic rings. The molecule has 0 bridgehead atoms. The van der Waals surface area contributed by atoms with Crippen molar-refractivity contribution in [2.45, 2.75) is 78.0 Å². The van der Waals surface area contributed by atoms with Crippen molar-refractivity contribution >= 4 is 23.9 Å². The molecule has 0 saturated heterocycles. The molecule has 0 aromatic heterocycles. The molecule has 202 valence electrons. The number of aliphatic hydroxyl groups is 1. The van der Waals surface area contributed by atoms with Gasteiger partial charge in [-0.2, -0.15) is 0 Å². The largest absolute Gasteiger partial charge is 0.468 e. The van der Waals surface area contributed by atoms with E-state index in [2.05, 4.69) is 15.4 Å². The Morgan fingerprint density at radius 1 is 1.06 bits per heavy atom. The number of alkyl carbamates (subject to hydrolysis) is 1. The van der Waals surface area contributed by atoms with Gasteiger partial charge in [-0.05, 0) is 44.7 Å². The van der Waals surface area contributed by atoms with Crippen LogP contribution in [0.5, 0.6) is 0 Å². The molecule has 0 aliphatic carbocycles. The number of aryl methyl sites for hydroxylation is 1. The zero-order chi connectivity index (χ0) is 27.3. The molecule has 1 rings (SSSR count). The van der Waals surface area contributed by atoms with E-state index in [0.29, 0.717) is 12.0 Å². The summed E-state index contributed by atoms with van der Waals surface area (Å²) >= 11 is 0. The number of hydrogen-bond donors (Lipinski definition) is 3. The van der Waals surface area contributed by atoms with Gasteiger partial charge >= 0.3 is 12.1 Å². The number of carbonyl (C=O) groups is 4. The van der Waals surface area contributed by atoms with Gasteiger partial charge in [0.25, 0.3) is 0 Å². The molecule has 0 radical (unpaired) electrons. The number of rotatable bonds is 13. The third-order valence-corrected chi connectivity index (χ3v) is 5.36. The minimum absolute atomic E-state index is 0.199. The number of nitrogens with zero attached hydrogens (tertiary/aromatic N) is 1. The summed E-state index contributed by atoms with van der Waals surface area (Å²) in [6.07, 6.45) is 2.22. The maximum atomic E-state index is 13.6. The molecule has 10 heteroatoms. The van der Waals surface area contributed by atoms with Crippen molar-refractivity contribution in [1.82, 2.24) is 15.5 Å². The molecule has 10 nitrogen and oxygen atoms in total. The number of amides is 3. The number of unbranched alkanes of at least 4 members (excludes halogenated alkanes) is 2. The maximum Gasteiger partial charge on any atom is 0.408 e. The van der Waals surface area contributed by atoms with Crippen LogP contribution in [0.1, 0.15) is 71.0 Å². The van der Waals surface area contributed by atoms with E-state index >= 15 is 0 Å². The van der Waals surface area contributed by atoms with Gasteiger partial charge in [-0.15, -0.1) is 0 Å². The summed E-state index contributed by atoms with van der Waals surface area (Å²) in [6, 6.07) is 4.83. The number of benzene rings is 1. The zero-order valence-corrected chi connectivity index (χ0v) is 22.3. The highest BCUT2D eigenvalue weighted by Crippen LogP contribution is 2.24. The molecule has 0 saturated carbocycles. The molecule has 1 aromatic carbocycles. The van der Waals surface area contributed by atoms with Crippen molar-refractivity contribution in [3.05, 3.63) is 35.4 Å². The highest BCUT2D eigenvalue weighted by molar-refractivity contribution is 5.93. The van der Waals surface area contributed by atoms with Crippen molar-refractivity contribution in [2.75, 3.05) is 26.8 Å². The highest BCUT2D eigenvalue weighted by atomic mass is 16.6. The molecule has 2 unspecified atom stereocenters. The van der Waals surface area contributed by atoms with Gasteiger partial charge in [0, 0.05) is 6.54 Å². The van der Waals surface area contributed by atoms with Crippen LogP contribution in [0.4, 0.5) is 4.79 Å². The maximum absolute atomic E-state index is 13.6. The van der Waals surface area contributed by atoms with E-state index in [0.717, 1.165) is 24.8 Å². The average Bonchev–Trinajstić information content (AvgIpc) is 2.83. The lowest BCUT2D eigenvalue weighted by Crippen LogP contribution is -2.54. The number of nitrogens with one attached hydrogen (secondary N) is 2. The second-order valence-electron chi connectivity index (χ2n) is 9.41. The SMILES string of the molecule is CCCCCN(C(=O)C(CO)NC(=O)OC(C)(C)C)C(C(=O)NCC(=O)OC)c1ccc(CC)cc1. The minimum Gasteiger partial charge on any atom is -0.468 e. The van der Waals surface area contributed by atoms with Crippen molar-refractivity contribution < 1.29 is 33.8 Å². The van der Waals surface area contributed by atoms with Crippen LogP contribution in [0, 0.1) is 0 Å². The van der Waals surface area contributed by atoms with Crippen LogP contribution in [-0.2, 0) is 30.3 Å². The Bertz CT molecular complexity index is 865. The summed E-state index contributed by atoms with van der Waals surface area (Å²) in [5.74, 6) is -1.85. The summed E-state index contributed by atoms with van der Waals surface area (Å²) in [4.78, 5) is 52.3. The van der Waals surface area contributed by atoms with Gasteiger partial charge in [0.15, 0.2) is 0 Å². The third-order valence-electron chi connectivity index (χ3n) is 5.36. The average molecular weight is 508 g/mol. The molecule has 2 atom stereocenters. The number of aliphatic hydroxyl groups excluding tert-OH is 1. The topological polar surface area (TPSA) is 134 Å². The first-order valence-electron chi connectivity index (χ1n) is 12.3. The molecule has 0 fully saturated rings. The number of carbonyl (C=O) groups excluding carboxylic acids is 4. The van der Waals surface area contributed by atoms with E-state index in [1.165, 1.54) is 12.0 Å². The van der Waals surface area contributed by atoms with Crippen LogP contribution in [0.3, 0.4) is 0 Å². The number of esters is 1. The van der Waals surface area contributed by atoms with E-state index in [-0.39, 0.29) is 13.1 Å².